The zero-order valence-corrected chi connectivity index (χ0v) is 11.8. The van der Waals surface area contributed by atoms with Crippen LogP contribution in [0.4, 0.5) is 0 Å². The zero-order chi connectivity index (χ0) is 13.8. The van der Waals surface area contributed by atoms with Gasteiger partial charge in [-0.1, -0.05) is 18.2 Å². The summed E-state index contributed by atoms with van der Waals surface area (Å²) in [4.78, 5) is 0. The normalized spacial score (nSPS) is 22.2. The molecule has 1 N–H and O–H groups in total. The van der Waals surface area contributed by atoms with Crippen molar-refractivity contribution in [1.29, 1.82) is 0 Å². The van der Waals surface area contributed by atoms with E-state index in [1.807, 2.05) is 23.0 Å². The average Bonchev–Trinajstić information content (AvgIpc) is 3.11. The lowest BCUT2D eigenvalue weighted by Crippen LogP contribution is -2.26. The number of para-hydroxylation sites is 1. The molecule has 2 atom stereocenters. The number of nitrogens with zero attached hydrogens (tertiary/aromatic N) is 2. The predicted octanol–water partition coefficient (Wildman–Crippen LogP) is 2.53. The molecule has 2 unspecified atom stereocenters. The Morgan fingerprint density at radius 3 is 2.95 bits per heavy atom. The lowest BCUT2D eigenvalue weighted by molar-refractivity contribution is 0.0559. The highest BCUT2D eigenvalue weighted by atomic mass is 16.5. The Bertz CT molecular complexity index is 538. The molecule has 0 radical (unpaired) electrons. The summed E-state index contributed by atoms with van der Waals surface area (Å²) >= 11 is 0. The van der Waals surface area contributed by atoms with Crippen LogP contribution in [-0.2, 0) is 11.3 Å². The summed E-state index contributed by atoms with van der Waals surface area (Å²) in [5, 5.41) is 7.81. The van der Waals surface area contributed by atoms with E-state index in [2.05, 4.69) is 35.5 Å². The minimum Gasteiger partial charge on any atom is -0.374 e. The Kier molecular flexibility index (Phi) is 4.14. The molecule has 1 fully saturated rings. The lowest BCUT2D eigenvalue weighted by Gasteiger charge is -2.14. The molecule has 0 aliphatic carbocycles. The number of ether oxygens (including phenoxy) is 1. The van der Waals surface area contributed by atoms with Gasteiger partial charge in [0, 0.05) is 25.5 Å². The van der Waals surface area contributed by atoms with Crippen molar-refractivity contribution in [2.24, 2.45) is 0 Å². The molecule has 1 aliphatic rings. The fourth-order valence-electron chi connectivity index (χ4n) is 2.70. The van der Waals surface area contributed by atoms with Crippen LogP contribution in [0, 0.1) is 0 Å². The van der Waals surface area contributed by atoms with Crippen LogP contribution in [0.1, 0.15) is 25.3 Å². The molecular weight excluding hydrogens is 250 g/mol. The summed E-state index contributed by atoms with van der Waals surface area (Å²) in [6.07, 6.45) is 6.89. The summed E-state index contributed by atoms with van der Waals surface area (Å²) in [5.74, 6) is 0. The Balaban J connectivity index is 1.60. The van der Waals surface area contributed by atoms with Gasteiger partial charge < -0.3 is 10.1 Å². The predicted molar refractivity (Wildman–Crippen MR) is 78.8 cm³/mol. The topological polar surface area (TPSA) is 39.1 Å². The number of hydrogen-bond donors (Lipinski definition) is 1. The largest absolute Gasteiger partial charge is 0.374 e. The van der Waals surface area contributed by atoms with Gasteiger partial charge in [-0.05, 0) is 37.5 Å². The summed E-state index contributed by atoms with van der Waals surface area (Å²) in [7, 11) is 0. The van der Waals surface area contributed by atoms with Gasteiger partial charge in [-0.25, -0.2) is 4.68 Å². The molecule has 0 amide bonds. The van der Waals surface area contributed by atoms with Crippen molar-refractivity contribution in [1.82, 2.24) is 15.1 Å². The molecule has 4 heteroatoms. The third-order valence-corrected chi connectivity index (χ3v) is 3.75. The molecule has 106 valence electrons. The van der Waals surface area contributed by atoms with Crippen LogP contribution < -0.4 is 5.32 Å². The first-order valence-electron chi connectivity index (χ1n) is 7.27. The van der Waals surface area contributed by atoms with E-state index < -0.39 is 0 Å². The van der Waals surface area contributed by atoms with Crippen LogP contribution in [-0.4, -0.2) is 28.5 Å². The van der Waals surface area contributed by atoms with E-state index in [0.29, 0.717) is 12.2 Å². The van der Waals surface area contributed by atoms with Crippen molar-refractivity contribution in [3.05, 3.63) is 48.3 Å². The van der Waals surface area contributed by atoms with E-state index >= 15 is 0 Å². The highest BCUT2D eigenvalue weighted by Crippen LogP contribution is 2.18. The standard InChI is InChI=1S/C16H21N3O/c1-13-7-8-15(20-13)12-17-11-14-5-2-3-6-16(14)19-10-4-9-18-19/h2-6,9-10,13,15,17H,7-8,11-12H2,1H3. The van der Waals surface area contributed by atoms with Crippen LogP contribution in [0.5, 0.6) is 0 Å². The Morgan fingerprint density at radius 2 is 2.20 bits per heavy atom. The maximum atomic E-state index is 5.82. The molecule has 20 heavy (non-hydrogen) atoms. The van der Waals surface area contributed by atoms with Gasteiger partial charge in [-0.3, -0.25) is 0 Å². The summed E-state index contributed by atoms with van der Waals surface area (Å²) in [5.41, 5.74) is 2.38. The van der Waals surface area contributed by atoms with Crippen molar-refractivity contribution in [2.75, 3.05) is 6.54 Å². The molecule has 1 aromatic heterocycles. The van der Waals surface area contributed by atoms with Crippen molar-refractivity contribution in [3.63, 3.8) is 0 Å². The van der Waals surface area contributed by atoms with Crippen molar-refractivity contribution >= 4 is 0 Å². The summed E-state index contributed by atoms with van der Waals surface area (Å²) < 4.78 is 7.73. The van der Waals surface area contributed by atoms with Crippen molar-refractivity contribution in [2.45, 2.75) is 38.5 Å². The SMILES string of the molecule is CC1CCC(CNCc2ccccc2-n2cccn2)O1. The van der Waals surface area contributed by atoms with E-state index in [1.54, 1.807) is 6.20 Å². The maximum Gasteiger partial charge on any atom is 0.0704 e. The van der Waals surface area contributed by atoms with E-state index in [0.717, 1.165) is 25.2 Å². The molecular formula is C16H21N3O. The fourth-order valence-corrected chi connectivity index (χ4v) is 2.70. The van der Waals surface area contributed by atoms with Gasteiger partial charge in [0.25, 0.3) is 0 Å². The second-order valence-corrected chi connectivity index (χ2v) is 5.36. The van der Waals surface area contributed by atoms with Crippen LogP contribution in [0.3, 0.4) is 0 Å². The zero-order valence-electron chi connectivity index (χ0n) is 11.8. The van der Waals surface area contributed by atoms with E-state index in [1.165, 1.54) is 12.0 Å². The minimum atomic E-state index is 0.363. The third-order valence-electron chi connectivity index (χ3n) is 3.75. The molecule has 2 heterocycles. The number of hydrogen-bond acceptors (Lipinski definition) is 3. The Hall–Kier alpha value is -1.65. The van der Waals surface area contributed by atoms with Gasteiger partial charge in [-0.2, -0.15) is 5.10 Å². The lowest BCUT2D eigenvalue weighted by atomic mass is 10.1. The molecule has 1 aromatic carbocycles. The van der Waals surface area contributed by atoms with Crippen LogP contribution in [0.2, 0.25) is 0 Å². The quantitative estimate of drug-likeness (QED) is 0.908. The molecule has 2 aromatic rings. The number of rotatable bonds is 5. The van der Waals surface area contributed by atoms with Crippen molar-refractivity contribution in [3.8, 4) is 5.69 Å². The molecule has 1 saturated heterocycles. The highest BCUT2D eigenvalue weighted by molar-refractivity contribution is 5.40. The van der Waals surface area contributed by atoms with Gasteiger partial charge in [0.1, 0.15) is 0 Å². The number of benzene rings is 1. The van der Waals surface area contributed by atoms with Crippen molar-refractivity contribution < 1.29 is 4.74 Å². The minimum absolute atomic E-state index is 0.363. The van der Waals surface area contributed by atoms with E-state index in [9.17, 15) is 0 Å². The number of nitrogens with one attached hydrogen (secondary N) is 1. The second-order valence-electron chi connectivity index (χ2n) is 5.36. The van der Waals surface area contributed by atoms with E-state index in [4.69, 9.17) is 4.74 Å². The maximum absolute atomic E-state index is 5.82. The molecule has 4 nitrogen and oxygen atoms in total. The average molecular weight is 271 g/mol. The van der Waals surface area contributed by atoms with Gasteiger partial charge in [0.2, 0.25) is 0 Å². The summed E-state index contributed by atoms with van der Waals surface area (Å²) in [6, 6.07) is 10.3. The van der Waals surface area contributed by atoms with Crippen LogP contribution in [0.25, 0.3) is 5.69 Å². The summed E-state index contributed by atoms with van der Waals surface area (Å²) in [6.45, 7) is 3.90. The second kappa shape index (κ2) is 6.20. The van der Waals surface area contributed by atoms with Crippen LogP contribution >= 0.6 is 0 Å². The van der Waals surface area contributed by atoms with Gasteiger partial charge >= 0.3 is 0 Å². The first-order valence-corrected chi connectivity index (χ1v) is 7.27. The number of aromatic nitrogens is 2. The first-order chi connectivity index (χ1) is 9.83. The molecule has 1 aliphatic heterocycles. The molecule has 0 bridgehead atoms. The molecule has 0 spiro atoms. The molecule has 3 rings (SSSR count). The van der Waals surface area contributed by atoms with Crippen LogP contribution in [0.15, 0.2) is 42.7 Å². The monoisotopic (exact) mass is 271 g/mol. The Labute approximate surface area is 119 Å². The van der Waals surface area contributed by atoms with E-state index in [-0.39, 0.29) is 0 Å². The molecule has 0 saturated carbocycles. The first kappa shape index (κ1) is 13.3. The smallest absolute Gasteiger partial charge is 0.0704 e. The fraction of sp³-hybridized carbons (Fsp3) is 0.438. The van der Waals surface area contributed by atoms with Gasteiger partial charge in [0.05, 0.1) is 17.9 Å². The Morgan fingerprint density at radius 1 is 1.30 bits per heavy atom. The third kappa shape index (κ3) is 3.08. The van der Waals surface area contributed by atoms with Gasteiger partial charge in [0.15, 0.2) is 0 Å². The highest BCUT2D eigenvalue weighted by Gasteiger charge is 2.21. The van der Waals surface area contributed by atoms with Gasteiger partial charge in [-0.15, -0.1) is 0 Å².